The fourth-order valence-corrected chi connectivity index (χ4v) is 3.37. The Bertz CT molecular complexity index is 590. The Morgan fingerprint density at radius 1 is 1.32 bits per heavy atom. The molecule has 0 aromatic carbocycles. The maximum Gasteiger partial charge on any atom is 0.306 e. The van der Waals surface area contributed by atoms with E-state index in [9.17, 15) is 4.79 Å². The largest absolute Gasteiger partial charge is 0.481 e. The Morgan fingerprint density at radius 3 is 2.84 bits per heavy atom. The number of hydrogen-bond acceptors (Lipinski definition) is 5. The van der Waals surface area contributed by atoms with Gasteiger partial charge in [-0.15, -0.1) is 11.3 Å². The molecule has 2 aromatic rings. The van der Waals surface area contributed by atoms with Crippen LogP contribution >= 0.6 is 11.3 Å². The van der Waals surface area contributed by atoms with Gasteiger partial charge in [-0.1, -0.05) is 0 Å². The molecule has 0 amide bonds. The summed E-state index contributed by atoms with van der Waals surface area (Å²) in [5.74, 6) is 0.0325. The second-order valence-corrected chi connectivity index (χ2v) is 5.80. The zero-order valence-corrected chi connectivity index (χ0v) is 11.2. The maximum absolute atomic E-state index is 10.9. The minimum atomic E-state index is -0.666. The molecule has 19 heavy (non-hydrogen) atoms. The van der Waals surface area contributed by atoms with Gasteiger partial charge in [0.25, 0.3) is 0 Å². The highest BCUT2D eigenvalue weighted by Crippen LogP contribution is 2.30. The van der Waals surface area contributed by atoms with E-state index >= 15 is 0 Å². The summed E-state index contributed by atoms with van der Waals surface area (Å²) >= 11 is 1.63. The number of nitrogens with zero attached hydrogens (tertiary/aromatic N) is 2. The van der Waals surface area contributed by atoms with Gasteiger partial charge >= 0.3 is 5.97 Å². The van der Waals surface area contributed by atoms with Gasteiger partial charge < -0.3 is 10.4 Å². The molecule has 1 saturated carbocycles. The third kappa shape index (κ3) is 2.53. The quantitative estimate of drug-likeness (QED) is 0.902. The van der Waals surface area contributed by atoms with Crippen LogP contribution < -0.4 is 5.32 Å². The van der Waals surface area contributed by atoms with Crippen LogP contribution in [-0.2, 0) is 4.79 Å². The summed E-state index contributed by atoms with van der Waals surface area (Å²) in [4.78, 5) is 19.4. The Labute approximate surface area is 114 Å². The first-order chi connectivity index (χ1) is 9.24. The molecular formula is C13H15N3O2S. The highest BCUT2D eigenvalue weighted by atomic mass is 32.1. The van der Waals surface area contributed by atoms with E-state index < -0.39 is 5.97 Å². The van der Waals surface area contributed by atoms with Crippen molar-refractivity contribution >= 4 is 33.3 Å². The Hall–Kier alpha value is -1.69. The molecule has 0 bridgehead atoms. The van der Waals surface area contributed by atoms with Gasteiger partial charge in [0.2, 0.25) is 0 Å². The minimum Gasteiger partial charge on any atom is -0.481 e. The summed E-state index contributed by atoms with van der Waals surface area (Å²) < 4.78 is 1.07. The number of carbonyl (C=O) groups is 1. The highest BCUT2D eigenvalue weighted by molar-refractivity contribution is 7.17. The van der Waals surface area contributed by atoms with Crippen molar-refractivity contribution in [1.82, 2.24) is 9.97 Å². The van der Waals surface area contributed by atoms with Crippen LogP contribution in [0.5, 0.6) is 0 Å². The van der Waals surface area contributed by atoms with Crippen LogP contribution in [0.2, 0.25) is 0 Å². The van der Waals surface area contributed by atoms with E-state index in [1.165, 1.54) is 0 Å². The molecule has 6 heteroatoms. The predicted octanol–water partition coefficient (Wildman–Crippen LogP) is 2.75. The molecule has 5 nitrogen and oxygen atoms in total. The number of carboxylic acids is 1. The van der Waals surface area contributed by atoms with Crippen LogP contribution in [0.1, 0.15) is 25.7 Å². The molecule has 1 aliphatic rings. The van der Waals surface area contributed by atoms with Gasteiger partial charge in [0.15, 0.2) is 0 Å². The van der Waals surface area contributed by atoms with Crippen molar-refractivity contribution in [2.24, 2.45) is 5.92 Å². The monoisotopic (exact) mass is 277 g/mol. The molecule has 0 aliphatic heterocycles. The summed E-state index contributed by atoms with van der Waals surface area (Å²) in [5.41, 5.74) is 0.960. The molecule has 2 aromatic heterocycles. The minimum absolute atomic E-state index is 0.176. The number of rotatable bonds is 3. The van der Waals surface area contributed by atoms with Crippen molar-refractivity contribution in [1.29, 1.82) is 0 Å². The summed E-state index contributed by atoms with van der Waals surface area (Å²) in [6.07, 6.45) is 4.82. The van der Waals surface area contributed by atoms with Crippen LogP contribution in [0.3, 0.4) is 0 Å². The molecule has 0 spiro atoms. The van der Waals surface area contributed by atoms with Crippen molar-refractivity contribution in [2.75, 3.05) is 5.32 Å². The average molecular weight is 277 g/mol. The van der Waals surface area contributed by atoms with E-state index in [0.29, 0.717) is 6.04 Å². The first kappa shape index (κ1) is 12.3. The van der Waals surface area contributed by atoms with Crippen molar-refractivity contribution in [3.8, 4) is 0 Å². The highest BCUT2D eigenvalue weighted by Gasteiger charge is 2.26. The SMILES string of the molecule is O=C(O)C1CCC(Nc2ncnc3ccsc23)CC1. The lowest BCUT2D eigenvalue weighted by molar-refractivity contribution is -0.142. The van der Waals surface area contributed by atoms with Gasteiger partial charge in [-0.25, -0.2) is 9.97 Å². The smallest absolute Gasteiger partial charge is 0.306 e. The van der Waals surface area contributed by atoms with Crippen molar-refractivity contribution in [3.63, 3.8) is 0 Å². The van der Waals surface area contributed by atoms with Gasteiger partial charge in [0.05, 0.1) is 16.1 Å². The third-order valence-corrected chi connectivity index (χ3v) is 4.57. The number of nitrogens with one attached hydrogen (secondary N) is 1. The second-order valence-electron chi connectivity index (χ2n) is 4.89. The molecule has 3 rings (SSSR count). The topological polar surface area (TPSA) is 75.1 Å². The molecule has 100 valence electrons. The Morgan fingerprint density at radius 2 is 2.11 bits per heavy atom. The maximum atomic E-state index is 10.9. The van der Waals surface area contributed by atoms with E-state index in [-0.39, 0.29) is 5.92 Å². The van der Waals surface area contributed by atoms with E-state index in [1.807, 2.05) is 11.4 Å². The number of carboxylic acid groups (broad SMARTS) is 1. The van der Waals surface area contributed by atoms with Crippen LogP contribution in [-0.4, -0.2) is 27.1 Å². The third-order valence-electron chi connectivity index (χ3n) is 3.66. The summed E-state index contributed by atoms with van der Waals surface area (Å²) in [6, 6.07) is 2.30. The molecule has 1 aliphatic carbocycles. The number of thiophene rings is 1. The first-order valence-corrected chi connectivity index (χ1v) is 7.29. The van der Waals surface area contributed by atoms with Crippen LogP contribution in [0.15, 0.2) is 17.8 Å². The van der Waals surface area contributed by atoms with Gasteiger partial charge in [-0.3, -0.25) is 4.79 Å². The average Bonchev–Trinajstić information content (AvgIpc) is 2.89. The van der Waals surface area contributed by atoms with E-state index in [0.717, 1.165) is 41.7 Å². The fraction of sp³-hybridized carbons (Fsp3) is 0.462. The zero-order chi connectivity index (χ0) is 13.2. The Balaban J connectivity index is 1.69. The number of aliphatic carboxylic acids is 1. The lowest BCUT2D eigenvalue weighted by Crippen LogP contribution is -2.29. The Kier molecular flexibility index (Phi) is 3.33. The van der Waals surface area contributed by atoms with Crippen molar-refractivity contribution < 1.29 is 9.90 Å². The molecule has 0 saturated heterocycles. The van der Waals surface area contributed by atoms with Gasteiger partial charge in [-0.2, -0.15) is 0 Å². The second kappa shape index (κ2) is 5.13. The lowest BCUT2D eigenvalue weighted by atomic mass is 9.86. The number of aromatic nitrogens is 2. The summed E-state index contributed by atoms with van der Waals surface area (Å²) in [6.45, 7) is 0. The molecule has 2 heterocycles. The number of fused-ring (bicyclic) bond motifs is 1. The van der Waals surface area contributed by atoms with Crippen LogP contribution in [0, 0.1) is 5.92 Å². The van der Waals surface area contributed by atoms with Crippen molar-refractivity contribution in [2.45, 2.75) is 31.7 Å². The van der Waals surface area contributed by atoms with Crippen molar-refractivity contribution in [3.05, 3.63) is 17.8 Å². The molecule has 0 atom stereocenters. The normalized spacial score (nSPS) is 23.4. The zero-order valence-electron chi connectivity index (χ0n) is 10.4. The van der Waals surface area contributed by atoms with E-state index in [1.54, 1.807) is 17.7 Å². The molecule has 1 fully saturated rings. The van der Waals surface area contributed by atoms with Crippen LogP contribution in [0.4, 0.5) is 5.82 Å². The molecule has 2 N–H and O–H groups in total. The van der Waals surface area contributed by atoms with Crippen LogP contribution in [0.25, 0.3) is 10.2 Å². The first-order valence-electron chi connectivity index (χ1n) is 6.41. The fourth-order valence-electron chi connectivity index (χ4n) is 2.57. The lowest BCUT2D eigenvalue weighted by Gasteiger charge is -2.27. The molecular weight excluding hydrogens is 262 g/mol. The van der Waals surface area contributed by atoms with Gasteiger partial charge in [-0.05, 0) is 37.1 Å². The van der Waals surface area contributed by atoms with Gasteiger partial charge in [0.1, 0.15) is 12.1 Å². The van der Waals surface area contributed by atoms with E-state index in [4.69, 9.17) is 5.11 Å². The molecule has 0 unspecified atom stereocenters. The predicted molar refractivity (Wildman–Crippen MR) is 74.4 cm³/mol. The number of hydrogen-bond donors (Lipinski definition) is 2. The standard InChI is InChI=1S/C13H15N3O2S/c17-13(18)8-1-3-9(4-2-8)16-12-11-10(5-6-19-11)14-7-15-12/h5-9H,1-4H2,(H,17,18)(H,14,15,16). The van der Waals surface area contributed by atoms with Gasteiger partial charge in [0, 0.05) is 6.04 Å². The summed E-state index contributed by atoms with van der Waals surface area (Å²) in [7, 11) is 0. The molecule has 0 radical (unpaired) electrons. The van der Waals surface area contributed by atoms with E-state index in [2.05, 4.69) is 15.3 Å². The number of anilines is 1. The summed E-state index contributed by atoms with van der Waals surface area (Å²) in [5, 5.41) is 14.4.